The number of hydrogen-bond donors (Lipinski definition) is 5. The molecule has 0 aromatic carbocycles. The molecular formula is C13H15N5O6S2. The Hall–Kier alpha value is -2.80. The number of aliphatic carboxylic acids is 2. The minimum Gasteiger partial charge on any atom is -0.480 e. The molecule has 0 spiro atoms. The van der Waals surface area contributed by atoms with Crippen LogP contribution in [0.3, 0.4) is 0 Å². The van der Waals surface area contributed by atoms with Crippen LogP contribution >= 0.6 is 23.1 Å². The average molecular weight is 401 g/mol. The van der Waals surface area contributed by atoms with Crippen LogP contribution in [0, 0.1) is 0 Å². The topological polar surface area (TPSA) is 176 Å². The third-order valence-corrected chi connectivity index (χ3v) is 4.89. The van der Waals surface area contributed by atoms with Crippen LogP contribution in [0.15, 0.2) is 22.3 Å². The molecule has 0 bridgehead atoms. The van der Waals surface area contributed by atoms with E-state index < -0.39 is 29.3 Å². The van der Waals surface area contributed by atoms with E-state index in [-0.39, 0.29) is 28.0 Å². The molecule has 0 unspecified atom stereocenters. The number of thiazole rings is 1. The molecule has 6 N–H and O–H groups in total. The zero-order valence-electron chi connectivity index (χ0n) is 13.3. The molecule has 2 rings (SSSR count). The summed E-state index contributed by atoms with van der Waals surface area (Å²) in [6.45, 7) is 0. The quantitative estimate of drug-likeness (QED) is 0.289. The molecule has 11 nitrogen and oxygen atoms in total. The molecule has 2 atom stereocenters. The van der Waals surface area contributed by atoms with Crippen LogP contribution in [0.2, 0.25) is 0 Å². The van der Waals surface area contributed by atoms with Gasteiger partial charge in [0.05, 0.1) is 0 Å². The van der Waals surface area contributed by atoms with Crippen molar-refractivity contribution in [2.24, 2.45) is 5.16 Å². The van der Waals surface area contributed by atoms with E-state index in [9.17, 15) is 19.5 Å². The molecule has 0 fully saturated rings. The third kappa shape index (κ3) is 4.64. The molecule has 140 valence electrons. The van der Waals surface area contributed by atoms with Crippen LogP contribution in [-0.2, 0) is 19.2 Å². The summed E-state index contributed by atoms with van der Waals surface area (Å²) >= 11 is 2.21. The zero-order chi connectivity index (χ0) is 19.3. The first kappa shape index (κ1) is 19.5. The number of carboxylic acid groups (broad SMARTS) is 2. The summed E-state index contributed by atoms with van der Waals surface area (Å²) in [6.07, 6.45) is 1.42. The van der Waals surface area contributed by atoms with Gasteiger partial charge in [0.25, 0.3) is 5.91 Å². The van der Waals surface area contributed by atoms with Gasteiger partial charge in [0, 0.05) is 11.1 Å². The van der Waals surface area contributed by atoms with Crippen LogP contribution in [0.1, 0.15) is 5.69 Å². The first-order valence-electron chi connectivity index (χ1n) is 7.01. The molecule has 1 aliphatic rings. The Kier molecular flexibility index (Phi) is 6.41. The number of anilines is 1. The number of thioether (sulfide) groups is 1. The summed E-state index contributed by atoms with van der Waals surface area (Å²) in [5.41, 5.74) is 5.28. The average Bonchev–Trinajstić information content (AvgIpc) is 3.03. The number of carbonyl (C=O) groups excluding carboxylic acids is 1. The lowest BCUT2D eigenvalue weighted by Gasteiger charge is -2.28. The van der Waals surface area contributed by atoms with E-state index >= 15 is 0 Å². The van der Waals surface area contributed by atoms with E-state index in [1.807, 2.05) is 0 Å². The van der Waals surface area contributed by atoms with Gasteiger partial charge >= 0.3 is 11.9 Å². The number of nitrogens with zero attached hydrogens (tertiary/aromatic N) is 2. The van der Waals surface area contributed by atoms with Gasteiger partial charge in [-0.05, 0) is 6.08 Å². The minimum atomic E-state index is -1.42. The van der Waals surface area contributed by atoms with Crippen molar-refractivity contribution >= 4 is 51.8 Å². The van der Waals surface area contributed by atoms with Crippen LogP contribution in [-0.4, -0.2) is 63.0 Å². The van der Waals surface area contributed by atoms with E-state index in [4.69, 9.17) is 10.8 Å². The summed E-state index contributed by atoms with van der Waals surface area (Å²) in [5, 5.41) is 27.7. The normalized spacial score (nSPS) is 18.3. The summed E-state index contributed by atoms with van der Waals surface area (Å²) in [5.74, 6) is -3.13. The highest BCUT2D eigenvalue weighted by Gasteiger charge is 2.34. The third-order valence-electron chi connectivity index (χ3n) is 3.11. The van der Waals surface area contributed by atoms with Crippen molar-refractivity contribution in [1.82, 2.24) is 15.6 Å². The standard InChI is InChI=1S/C13H15N5O6S2/c1-24-18-7(6-4-26-13(14)16-6)9(19)17-8(12(22)23)10-15-5(11(20)21)2-3-25-10/h2,4,8,10,15H,3H2,1H3,(H2,14,16)(H,17,19)(H,20,21)(H,22,23)/b18-7-/t8-,10-/m0/s1. The number of rotatable bonds is 7. The lowest BCUT2D eigenvalue weighted by Crippen LogP contribution is -2.55. The van der Waals surface area contributed by atoms with Crippen LogP contribution in [0.25, 0.3) is 0 Å². The van der Waals surface area contributed by atoms with Gasteiger partial charge in [-0.25, -0.2) is 14.6 Å². The number of aromatic nitrogens is 1. The molecule has 1 aromatic heterocycles. The van der Waals surface area contributed by atoms with E-state index in [1.54, 1.807) is 0 Å². The fourth-order valence-corrected chi connectivity index (χ4v) is 3.59. The zero-order valence-corrected chi connectivity index (χ0v) is 15.0. The van der Waals surface area contributed by atoms with Crippen molar-refractivity contribution in [3.8, 4) is 0 Å². The molecule has 1 amide bonds. The summed E-state index contributed by atoms with van der Waals surface area (Å²) < 4.78 is 0. The monoisotopic (exact) mass is 401 g/mol. The highest BCUT2D eigenvalue weighted by atomic mass is 32.2. The summed E-state index contributed by atoms with van der Waals surface area (Å²) in [6, 6.07) is -1.42. The lowest BCUT2D eigenvalue weighted by atomic mass is 10.2. The smallest absolute Gasteiger partial charge is 0.351 e. The molecule has 13 heteroatoms. The molecule has 0 radical (unpaired) electrons. The Morgan fingerprint density at radius 3 is 2.77 bits per heavy atom. The maximum atomic E-state index is 12.5. The molecule has 26 heavy (non-hydrogen) atoms. The number of carbonyl (C=O) groups is 3. The Balaban J connectivity index is 2.19. The van der Waals surface area contributed by atoms with Crippen LogP contribution in [0.5, 0.6) is 0 Å². The molecule has 0 aliphatic carbocycles. The van der Waals surface area contributed by atoms with Gasteiger partial charge < -0.3 is 31.4 Å². The van der Waals surface area contributed by atoms with Crippen molar-refractivity contribution in [2.45, 2.75) is 11.4 Å². The summed E-state index contributed by atoms with van der Waals surface area (Å²) in [7, 11) is 1.22. The number of nitrogens with one attached hydrogen (secondary N) is 2. The molecule has 0 saturated carbocycles. The second-order valence-electron chi connectivity index (χ2n) is 4.80. The van der Waals surface area contributed by atoms with E-state index in [2.05, 4.69) is 25.6 Å². The Bertz CT molecular complexity index is 777. The first-order chi connectivity index (χ1) is 12.3. The van der Waals surface area contributed by atoms with E-state index in [0.29, 0.717) is 0 Å². The van der Waals surface area contributed by atoms with Crippen molar-refractivity contribution in [3.63, 3.8) is 0 Å². The largest absolute Gasteiger partial charge is 0.480 e. The highest BCUT2D eigenvalue weighted by Crippen LogP contribution is 2.20. The predicted molar refractivity (Wildman–Crippen MR) is 94.7 cm³/mol. The van der Waals surface area contributed by atoms with Gasteiger partial charge in [0.15, 0.2) is 16.9 Å². The van der Waals surface area contributed by atoms with Crippen LogP contribution in [0.4, 0.5) is 5.13 Å². The van der Waals surface area contributed by atoms with Gasteiger partial charge in [-0.2, -0.15) is 0 Å². The van der Waals surface area contributed by atoms with Gasteiger partial charge in [0.1, 0.15) is 23.9 Å². The second kappa shape index (κ2) is 8.53. The lowest BCUT2D eigenvalue weighted by molar-refractivity contribution is -0.141. The highest BCUT2D eigenvalue weighted by molar-refractivity contribution is 8.00. The van der Waals surface area contributed by atoms with Crippen molar-refractivity contribution in [1.29, 1.82) is 0 Å². The number of nitrogens with two attached hydrogens (primary N) is 1. The Morgan fingerprint density at radius 2 is 2.23 bits per heavy atom. The van der Waals surface area contributed by atoms with Crippen molar-refractivity contribution in [2.75, 3.05) is 18.6 Å². The van der Waals surface area contributed by atoms with E-state index in [0.717, 1.165) is 23.1 Å². The Labute approximate surface area is 155 Å². The SMILES string of the molecule is CO/N=C(\C(=O)N[C@H](C(=O)O)[C@H]1NC(C(=O)O)=CCS1)c1csc(N)n1. The number of nitrogen functional groups attached to an aromatic ring is 1. The van der Waals surface area contributed by atoms with Gasteiger partial charge in [-0.1, -0.05) is 5.16 Å². The first-order valence-corrected chi connectivity index (χ1v) is 8.94. The van der Waals surface area contributed by atoms with E-state index in [1.165, 1.54) is 18.6 Å². The minimum absolute atomic E-state index is 0.131. The maximum absolute atomic E-state index is 12.5. The Morgan fingerprint density at radius 1 is 1.50 bits per heavy atom. The fraction of sp³-hybridized carbons (Fsp3) is 0.308. The molecule has 1 aromatic rings. The van der Waals surface area contributed by atoms with Gasteiger partial charge in [-0.3, -0.25) is 4.79 Å². The van der Waals surface area contributed by atoms with Gasteiger partial charge in [0.2, 0.25) is 0 Å². The number of oxime groups is 1. The summed E-state index contributed by atoms with van der Waals surface area (Å²) in [4.78, 5) is 43.7. The molecular weight excluding hydrogens is 386 g/mol. The van der Waals surface area contributed by atoms with Crippen molar-refractivity contribution < 1.29 is 29.4 Å². The molecule has 0 saturated heterocycles. The molecule has 2 heterocycles. The van der Waals surface area contributed by atoms with Crippen LogP contribution < -0.4 is 16.4 Å². The maximum Gasteiger partial charge on any atom is 0.351 e. The number of hydrogen-bond acceptors (Lipinski definition) is 10. The predicted octanol–water partition coefficient (Wildman–Crippen LogP) is -0.724. The van der Waals surface area contributed by atoms with Crippen molar-refractivity contribution in [3.05, 3.63) is 22.8 Å². The fourth-order valence-electron chi connectivity index (χ4n) is 1.99. The molecule has 1 aliphatic heterocycles. The number of carboxylic acids is 2. The van der Waals surface area contributed by atoms with Gasteiger partial charge in [-0.15, -0.1) is 23.1 Å². The second-order valence-corrected chi connectivity index (χ2v) is 6.87. The number of amides is 1.